The molecule has 0 saturated carbocycles. The number of nitrogens with zero attached hydrogens (tertiary/aromatic N) is 1. The summed E-state index contributed by atoms with van der Waals surface area (Å²) < 4.78 is 65.5. The molecule has 0 unspecified atom stereocenters. The molecule has 0 bridgehead atoms. The summed E-state index contributed by atoms with van der Waals surface area (Å²) in [6.45, 7) is 3.04. The first-order valence-electron chi connectivity index (χ1n) is 7.30. The number of hydrogen-bond donors (Lipinski definition) is 0. The normalized spacial score (nSPS) is 11.9. The van der Waals surface area contributed by atoms with Gasteiger partial charge in [-0.05, 0) is 35.9 Å². The monoisotopic (exact) mass is 418 g/mol. The number of alkyl halides is 3. The molecule has 0 amide bonds. The van der Waals surface area contributed by atoms with Crippen LogP contribution in [0.25, 0.3) is 0 Å². The third-order valence-electron chi connectivity index (χ3n) is 3.49. The number of rotatable bonds is 6. The van der Waals surface area contributed by atoms with E-state index in [1.807, 2.05) is 0 Å². The molecule has 144 valence electrons. The number of anilines is 1. The molecule has 27 heavy (non-hydrogen) atoms. The molecule has 2 rings (SSSR count). The van der Waals surface area contributed by atoms with Crippen molar-refractivity contribution in [1.29, 1.82) is 0 Å². The predicted molar refractivity (Wildman–Crippen MR) is 92.0 cm³/mol. The molecule has 5 nitrogen and oxygen atoms in total. The Labute approximate surface area is 158 Å². The number of carbonyl (C=O) groups excluding carboxylic acids is 1. The van der Waals surface area contributed by atoms with Crippen molar-refractivity contribution >= 4 is 33.3 Å². The number of halogens is 4. The van der Waals surface area contributed by atoms with Crippen molar-refractivity contribution in [1.82, 2.24) is 0 Å². The summed E-state index contributed by atoms with van der Waals surface area (Å²) in [5, 5.41) is 10.7. The minimum atomic E-state index is -4.67. The van der Waals surface area contributed by atoms with Gasteiger partial charge in [-0.3, -0.25) is 4.31 Å². The van der Waals surface area contributed by atoms with Gasteiger partial charge in [-0.2, -0.15) is 13.2 Å². The fraction of sp³-hybridized carbons (Fsp3) is 0.118. The lowest BCUT2D eigenvalue weighted by molar-refractivity contribution is -0.255. The summed E-state index contributed by atoms with van der Waals surface area (Å²) >= 11 is 5.90. The molecule has 0 aliphatic rings. The smallest absolute Gasteiger partial charge is 0.416 e. The van der Waals surface area contributed by atoms with Crippen LogP contribution in [-0.4, -0.2) is 20.9 Å². The molecular weight excluding hydrogens is 407 g/mol. The second-order valence-electron chi connectivity index (χ2n) is 5.31. The van der Waals surface area contributed by atoms with E-state index in [-0.39, 0.29) is 17.3 Å². The van der Waals surface area contributed by atoms with Crippen molar-refractivity contribution in [2.24, 2.45) is 0 Å². The van der Waals surface area contributed by atoms with Gasteiger partial charge in [-0.25, -0.2) is 8.42 Å². The fourth-order valence-electron chi connectivity index (χ4n) is 2.24. The number of benzene rings is 2. The van der Waals surface area contributed by atoms with Crippen LogP contribution in [-0.2, 0) is 16.2 Å². The van der Waals surface area contributed by atoms with Gasteiger partial charge in [-0.15, -0.1) is 6.58 Å². The van der Waals surface area contributed by atoms with E-state index in [9.17, 15) is 31.5 Å². The number of carboxylic acid groups (broad SMARTS) is 1. The summed E-state index contributed by atoms with van der Waals surface area (Å²) in [6.07, 6.45) is -3.50. The predicted octanol–water partition coefficient (Wildman–Crippen LogP) is 3.10. The number of hydrogen-bond acceptors (Lipinski definition) is 4. The van der Waals surface area contributed by atoms with Crippen molar-refractivity contribution < 1.29 is 31.5 Å². The zero-order chi connectivity index (χ0) is 20.4. The lowest BCUT2D eigenvalue weighted by Crippen LogP contribution is -2.32. The minimum absolute atomic E-state index is 0.278. The van der Waals surface area contributed by atoms with Crippen LogP contribution in [0.15, 0.2) is 60.0 Å². The first kappa shape index (κ1) is 20.8. The molecule has 0 aromatic heterocycles. The van der Waals surface area contributed by atoms with Crippen LogP contribution in [0.2, 0.25) is 5.02 Å². The number of sulfonamides is 1. The molecule has 0 heterocycles. The Bertz CT molecular complexity index is 990. The maximum Gasteiger partial charge on any atom is 0.416 e. The van der Waals surface area contributed by atoms with Crippen LogP contribution >= 0.6 is 11.6 Å². The van der Waals surface area contributed by atoms with Crippen LogP contribution in [0.1, 0.15) is 15.9 Å². The second kappa shape index (κ2) is 7.61. The van der Waals surface area contributed by atoms with E-state index in [1.165, 1.54) is 12.1 Å². The topological polar surface area (TPSA) is 77.5 Å². The van der Waals surface area contributed by atoms with Gasteiger partial charge in [0.05, 0.1) is 28.8 Å². The maximum atomic E-state index is 13.0. The van der Waals surface area contributed by atoms with Gasteiger partial charge < -0.3 is 9.90 Å². The van der Waals surface area contributed by atoms with Crippen molar-refractivity contribution in [2.75, 3.05) is 10.8 Å². The van der Waals surface area contributed by atoms with Crippen LogP contribution < -0.4 is 9.41 Å². The fourth-order valence-corrected chi connectivity index (χ4v) is 4.17. The molecule has 0 spiro atoms. The summed E-state index contributed by atoms with van der Waals surface area (Å²) in [7, 11) is -4.49. The standard InChI is InChI=1S/C17H13ClF3NO4S/c1-2-8-22(13-5-3-4-12(10-13)17(19,20)21)27(25,26)15-9-11(16(23)24)6-7-14(15)18/h2-7,9-10H,1,8H2,(H,23,24)/p-1. The Kier molecular flexibility index (Phi) is 5.86. The Balaban J connectivity index is 2.65. The SMILES string of the molecule is C=CCN(c1cccc(C(F)(F)F)c1)S(=O)(=O)c1cc(C(=O)[O-])ccc1Cl. The van der Waals surface area contributed by atoms with E-state index in [0.717, 1.165) is 30.3 Å². The highest BCUT2D eigenvalue weighted by Gasteiger charge is 2.33. The number of carboxylic acids is 1. The van der Waals surface area contributed by atoms with E-state index in [0.29, 0.717) is 10.4 Å². The van der Waals surface area contributed by atoms with E-state index in [4.69, 9.17) is 11.6 Å². The minimum Gasteiger partial charge on any atom is -0.545 e. The summed E-state index contributed by atoms with van der Waals surface area (Å²) in [5.41, 5.74) is -1.76. The van der Waals surface area contributed by atoms with Gasteiger partial charge in [0.15, 0.2) is 0 Å². The Morgan fingerprint density at radius 2 is 1.89 bits per heavy atom. The van der Waals surface area contributed by atoms with Crippen molar-refractivity contribution in [2.45, 2.75) is 11.1 Å². The van der Waals surface area contributed by atoms with Gasteiger partial charge >= 0.3 is 6.18 Å². The molecule has 0 radical (unpaired) electrons. The lowest BCUT2D eigenvalue weighted by atomic mass is 10.2. The van der Waals surface area contributed by atoms with E-state index in [2.05, 4.69) is 6.58 Å². The van der Waals surface area contributed by atoms with Gasteiger partial charge in [0.1, 0.15) is 4.90 Å². The second-order valence-corrected chi connectivity index (χ2v) is 7.54. The maximum absolute atomic E-state index is 13.0. The van der Waals surface area contributed by atoms with Crippen molar-refractivity contribution in [3.8, 4) is 0 Å². The molecule has 0 saturated heterocycles. The Hall–Kier alpha value is -2.52. The van der Waals surface area contributed by atoms with Crippen LogP contribution in [0.3, 0.4) is 0 Å². The molecule has 0 N–H and O–H groups in total. The zero-order valence-corrected chi connectivity index (χ0v) is 15.1. The van der Waals surface area contributed by atoms with Crippen LogP contribution in [0.4, 0.5) is 18.9 Å². The Morgan fingerprint density at radius 1 is 1.22 bits per heavy atom. The van der Waals surface area contributed by atoms with Crippen molar-refractivity contribution in [3.05, 3.63) is 71.3 Å². The summed E-state index contributed by atoms with van der Waals surface area (Å²) in [4.78, 5) is 10.4. The third kappa shape index (κ3) is 4.42. The molecular formula is C17H12ClF3NO4S-. The molecule has 0 atom stereocenters. The molecule has 2 aromatic rings. The quantitative estimate of drug-likeness (QED) is 0.675. The lowest BCUT2D eigenvalue weighted by Gasteiger charge is -2.25. The first-order valence-corrected chi connectivity index (χ1v) is 9.12. The highest BCUT2D eigenvalue weighted by atomic mass is 35.5. The number of carbonyl (C=O) groups is 1. The van der Waals surface area contributed by atoms with Crippen molar-refractivity contribution in [3.63, 3.8) is 0 Å². The first-order chi connectivity index (χ1) is 12.5. The van der Waals surface area contributed by atoms with E-state index < -0.39 is 38.2 Å². The molecule has 0 aliphatic heterocycles. The molecule has 10 heteroatoms. The van der Waals surface area contributed by atoms with Gasteiger partial charge in [0.25, 0.3) is 10.0 Å². The molecule has 0 aliphatic carbocycles. The highest BCUT2D eigenvalue weighted by molar-refractivity contribution is 7.93. The average molecular weight is 419 g/mol. The summed E-state index contributed by atoms with van der Waals surface area (Å²) in [6, 6.07) is 6.59. The van der Waals surface area contributed by atoms with E-state index in [1.54, 1.807) is 0 Å². The highest BCUT2D eigenvalue weighted by Crippen LogP contribution is 2.34. The summed E-state index contributed by atoms with van der Waals surface area (Å²) in [5.74, 6) is -1.63. The zero-order valence-electron chi connectivity index (χ0n) is 13.5. The van der Waals surface area contributed by atoms with Crippen LogP contribution in [0, 0.1) is 0 Å². The third-order valence-corrected chi connectivity index (χ3v) is 5.77. The molecule has 2 aromatic carbocycles. The number of aromatic carboxylic acids is 1. The van der Waals surface area contributed by atoms with Crippen LogP contribution in [0.5, 0.6) is 0 Å². The van der Waals surface area contributed by atoms with E-state index >= 15 is 0 Å². The molecule has 0 fully saturated rings. The Morgan fingerprint density at radius 3 is 2.44 bits per heavy atom. The van der Waals surface area contributed by atoms with Gasteiger partial charge in [0, 0.05) is 0 Å². The van der Waals surface area contributed by atoms with Gasteiger partial charge in [-0.1, -0.05) is 29.8 Å². The average Bonchev–Trinajstić information content (AvgIpc) is 2.58. The van der Waals surface area contributed by atoms with Gasteiger partial charge in [0.2, 0.25) is 0 Å². The largest absolute Gasteiger partial charge is 0.545 e.